The summed E-state index contributed by atoms with van der Waals surface area (Å²) in [4.78, 5) is 26.2. The minimum Gasteiger partial charge on any atom is -0.544 e. The second-order valence-electron chi connectivity index (χ2n) is 7.31. The molecule has 1 amide bonds. The van der Waals surface area contributed by atoms with Crippen molar-refractivity contribution in [3.05, 3.63) is 54.6 Å². The van der Waals surface area contributed by atoms with Crippen LogP contribution in [0.2, 0.25) is 0 Å². The molecule has 0 aliphatic carbocycles. The monoisotopic (exact) mass is 383 g/mol. The zero-order valence-corrected chi connectivity index (χ0v) is 16.0. The van der Waals surface area contributed by atoms with Gasteiger partial charge in [-0.25, -0.2) is 0 Å². The summed E-state index contributed by atoms with van der Waals surface area (Å²) in [5.41, 5.74) is 2.52. The second-order valence-corrected chi connectivity index (χ2v) is 7.31. The number of aliphatic carboxylic acids is 1. The number of hydrogen-bond acceptors (Lipinski definition) is 4. The summed E-state index contributed by atoms with van der Waals surface area (Å²) in [7, 11) is 2.09. The highest BCUT2D eigenvalue weighted by Crippen LogP contribution is 2.18. The molecule has 1 aliphatic rings. The molecule has 1 atom stereocenters. The fraction of sp³-hybridized carbons (Fsp3) is 0.333. The number of carboxylic acids is 1. The lowest BCUT2D eigenvalue weighted by Gasteiger charge is -2.33. The summed E-state index contributed by atoms with van der Waals surface area (Å²) in [6.07, 6.45) is -0.0826. The van der Waals surface area contributed by atoms with E-state index in [0.29, 0.717) is 5.69 Å². The summed E-state index contributed by atoms with van der Waals surface area (Å²) in [5.74, 6) is -1.47. The second kappa shape index (κ2) is 9.34. The molecule has 0 unspecified atom stereocenters. The van der Waals surface area contributed by atoms with E-state index in [-0.39, 0.29) is 12.3 Å². The Kier molecular flexibility index (Phi) is 6.62. The first-order valence-corrected chi connectivity index (χ1v) is 9.60. The summed E-state index contributed by atoms with van der Waals surface area (Å²) >= 11 is 0. The van der Waals surface area contributed by atoms with E-state index in [4.69, 9.17) is 0 Å². The summed E-state index contributed by atoms with van der Waals surface area (Å²) in [6.45, 7) is 3.27. The zero-order valence-electron chi connectivity index (χ0n) is 16.0. The smallest absolute Gasteiger partial charge is 0.230 e. The SMILES string of the molecule is C[NH+]1CC[NH+]([C@@H](CC(=O)Nc2ccc(Nc3ccccc3)cc2)C(=O)[O-])CC1. The van der Waals surface area contributed by atoms with E-state index in [9.17, 15) is 14.7 Å². The number of carbonyl (C=O) groups excluding carboxylic acids is 2. The number of quaternary nitrogens is 2. The molecule has 1 fully saturated rings. The molecule has 3 rings (SSSR count). The van der Waals surface area contributed by atoms with Gasteiger partial charge in [0.1, 0.15) is 32.2 Å². The highest BCUT2D eigenvalue weighted by molar-refractivity contribution is 5.93. The van der Waals surface area contributed by atoms with Crippen LogP contribution in [-0.4, -0.2) is 51.1 Å². The van der Waals surface area contributed by atoms with Crippen molar-refractivity contribution < 1.29 is 24.5 Å². The Balaban J connectivity index is 1.55. The van der Waals surface area contributed by atoms with Crippen molar-refractivity contribution in [2.24, 2.45) is 0 Å². The van der Waals surface area contributed by atoms with Gasteiger partial charge in [0, 0.05) is 17.1 Å². The summed E-state index contributed by atoms with van der Waals surface area (Å²) in [6, 6.07) is 16.3. The van der Waals surface area contributed by atoms with Crippen molar-refractivity contribution in [1.82, 2.24) is 0 Å². The molecule has 0 radical (unpaired) electrons. The molecule has 4 N–H and O–H groups in total. The minimum atomic E-state index is -1.16. The van der Waals surface area contributed by atoms with Crippen LogP contribution < -0.4 is 25.5 Å². The Bertz CT molecular complexity index is 787. The largest absolute Gasteiger partial charge is 0.544 e. The third kappa shape index (κ3) is 5.55. The molecule has 0 spiro atoms. The van der Waals surface area contributed by atoms with Gasteiger partial charge < -0.3 is 30.3 Å². The molecular formula is C21H27N4O3+. The number of likely N-dealkylation sites (N-methyl/N-ethyl adjacent to an activating group) is 1. The maximum absolute atomic E-state index is 12.4. The molecular weight excluding hydrogens is 356 g/mol. The van der Waals surface area contributed by atoms with Crippen LogP contribution in [0, 0.1) is 0 Å². The van der Waals surface area contributed by atoms with Crippen LogP contribution in [0.5, 0.6) is 0 Å². The fourth-order valence-electron chi connectivity index (χ4n) is 3.46. The van der Waals surface area contributed by atoms with Crippen molar-refractivity contribution in [3.63, 3.8) is 0 Å². The third-order valence-electron chi connectivity index (χ3n) is 5.14. The molecule has 2 aromatic rings. The van der Waals surface area contributed by atoms with Gasteiger partial charge in [0.15, 0.2) is 0 Å². The van der Waals surface area contributed by atoms with Gasteiger partial charge in [-0.15, -0.1) is 0 Å². The van der Waals surface area contributed by atoms with Crippen LogP contribution in [0.4, 0.5) is 17.1 Å². The van der Waals surface area contributed by atoms with Crippen molar-refractivity contribution >= 4 is 28.9 Å². The van der Waals surface area contributed by atoms with Gasteiger partial charge in [-0.05, 0) is 36.4 Å². The molecule has 1 aliphatic heterocycles. The van der Waals surface area contributed by atoms with Gasteiger partial charge in [-0.1, -0.05) is 18.2 Å². The van der Waals surface area contributed by atoms with Crippen LogP contribution >= 0.6 is 0 Å². The number of benzene rings is 2. The first-order valence-electron chi connectivity index (χ1n) is 9.60. The summed E-state index contributed by atoms with van der Waals surface area (Å²) < 4.78 is 0. The molecule has 1 saturated heterocycles. The number of nitrogens with one attached hydrogen (secondary N) is 4. The predicted octanol–water partition coefficient (Wildman–Crippen LogP) is -1.71. The molecule has 0 bridgehead atoms. The number of para-hydroxylation sites is 1. The number of carbonyl (C=O) groups is 2. The average Bonchev–Trinajstić information content (AvgIpc) is 2.69. The first kappa shape index (κ1) is 19.9. The minimum absolute atomic E-state index is 0.0826. The molecule has 0 saturated carbocycles. The Morgan fingerprint density at radius 1 is 0.929 bits per heavy atom. The maximum Gasteiger partial charge on any atom is 0.230 e. The van der Waals surface area contributed by atoms with Crippen LogP contribution in [0.15, 0.2) is 54.6 Å². The predicted molar refractivity (Wildman–Crippen MR) is 106 cm³/mol. The standard InChI is InChI=1S/C21H26N4O3/c1-24-11-13-25(14-12-24)19(21(27)28)15-20(26)23-18-9-7-17(8-10-18)22-16-5-3-2-4-6-16/h2-10,19,22H,11-15H2,1H3,(H,23,26)(H,27,28)/p+1/t19-/m0/s1. The van der Waals surface area contributed by atoms with Crippen LogP contribution in [0.3, 0.4) is 0 Å². The normalized spacial score (nSPS) is 20.2. The number of rotatable bonds is 7. The van der Waals surface area contributed by atoms with Gasteiger partial charge in [0.05, 0.1) is 19.4 Å². The first-order chi connectivity index (χ1) is 13.5. The Morgan fingerprint density at radius 2 is 1.50 bits per heavy atom. The number of amides is 1. The van der Waals surface area contributed by atoms with Crippen molar-refractivity contribution in [2.45, 2.75) is 12.5 Å². The molecule has 148 valence electrons. The summed E-state index contributed by atoms with van der Waals surface area (Å²) in [5, 5.41) is 17.6. The van der Waals surface area contributed by atoms with Gasteiger partial charge in [0.2, 0.25) is 5.91 Å². The van der Waals surface area contributed by atoms with E-state index in [0.717, 1.165) is 42.5 Å². The van der Waals surface area contributed by atoms with E-state index in [1.807, 2.05) is 42.5 Å². The van der Waals surface area contributed by atoms with Gasteiger partial charge in [0.25, 0.3) is 0 Å². The lowest BCUT2D eigenvalue weighted by Crippen LogP contribution is -3.29. The quantitative estimate of drug-likeness (QED) is 0.458. The van der Waals surface area contributed by atoms with Crippen LogP contribution in [-0.2, 0) is 9.59 Å². The Hall–Kier alpha value is -2.90. The lowest BCUT2D eigenvalue weighted by atomic mass is 10.1. The zero-order chi connectivity index (χ0) is 19.9. The molecule has 7 heteroatoms. The number of hydrogen-bond donors (Lipinski definition) is 4. The lowest BCUT2D eigenvalue weighted by molar-refractivity contribution is -1.01. The average molecular weight is 383 g/mol. The molecule has 28 heavy (non-hydrogen) atoms. The van der Waals surface area contributed by atoms with Crippen LogP contribution in [0.25, 0.3) is 0 Å². The Morgan fingerprint density at radius 3 is 2.11 bits per heavy atom. The van der Waals surface area contributed by atoms with Crippen LogP contribution in [0.1, 0.15) is 6.42 Å². The number of piperazine rings is 1. The highest BCUT2D eigenvalue weighted by Gasteiger charge is 2.30. The van der Waals surface area contributed by atoms with Crippen molar-refractivity contribution in [1.29, 1.82) is 0 Å². The van der Waals surface area contributed by atoms with Gasteiger partial charge in [-0.3, -0.25) is 4.79 Å². The van der Waals surface area contributed by atoms with Gasteiger partial charge >= 0.3 is 0 Å². The third-order valence-corrected chi connectivity index (χ3v) is 5.14. The molecule has 2 aromatic carbocycles. The molecule has 0 aromatic heterocycles. The van der Waals surface area contributed by atoms with E-state index in [2.05, 4.69) is 17.7 Å². The molecule has 1 heterocycles. The number of anilines is 3. The molecule has 7 nitrogen and oxygen atoms in total. The van der Waals surface area contributed by atoms with E-state index >= 15 is 0 Å². The van der Waals surface area contributed by atoms with Gasteiger partial charge in [-0.2, -0.15) is 0 Å². The topological polar surface area (TPSA) is 90.1 Å². The number of carboxylic acid groups (broad SMARTS) is 1. The van der Waals surface area contributed by atoms with E-state index < -0.39 is 12.0 Å². The highest BCUT2D eigenvalue weighted by atomic mass is 16.4. The Labute approximate surface area is 165 Å². The maximum atomic E-state index is 12.4. The fourth-order valence-corrected chi connectivity index (χ4v) is 3.46. The van der Waals surface area contributed by atoms with E-state index in [1.165, 1.54) is 4.90 Å². The van der Waals surface area contributed by atoms with Crippen molar-refractivity contribution in [3.8, 4) is 0 Å². The van der Waals surface area contributed by atoms with Crippen molar-refractivity contribution in [2.75, 3.05) is 43.9 Å². The van der Waals surface area contributed by atoms with E-state index in [1.54, 1.807) is 12.1 Å².